The minimum absolute atomic E-state index is 0.0187. The number of benzene rings is 2. The molecule has 0 atom stereocenters. The Morgan fingerprint density at radius 2 is 1.73 bits per heavy atom. The molecule has 6 heteroatoms. The first-order valence-corrected chi connectivity index (χ1v) is 8.82. The Morgan fingerprint density at radius 1 is 1.09 bits per heavy atom. The van der Waals surface area contributed by atoms with Crippen molar-refractivity contribution in [1.29, 1.82) is 0 Å². The fourth-order valence-corrected chi connectivity index (χ4v) is 4.51. The van der Waals surface area contributed by atoms with Crippen LogP contribution in [0.3, 0.4) is 0 Å². The molecule has 0 unspecified atom stereocenters. The van der Waals surface area contributed by atoms with Crippen molar-refractivity contribution < 1.29 is 12.8 Å². The summed E-state index contributed by atoms with van der Waals surface area (Å²) in [6.07, 6.45) is 1.58. The SMILES string of the molecule is O=S(=O)(c1ccccc1Cl)N(Cc1ccccc1F)C1CC1. The van der Waals surface area contributed by atoms with Gasteiger partial charge in [0, 0.05) is 18.2 Å². The van der Waals surface area contributed by atoms with E-state index in [0.717, 1.165) is 12.8 Å². The lowest BCUT2D eigenvalue weighted by molar-refractivity contribution is 0.391. The molecule has 0 N–H and O–H groups in total. The molecule has 1 aliphatic rings. The number of rotatable bonds is 5. The van der Waals surface area contributed by atoms with Gasteiger partial charge in [-0.25, -0.2) is 12.8 Å². The summed E-state index contributed by atoms with van der Waals surface area (Å²) in [4.78, 5) is 0.0694. The van der Waals surface area contributed by atoms with Gasteiger partial charge in [-0.1, -0.05) is 41.9 Å². The molecule has 2 aromatic carbocycles. The summed E-state index contributed by atoms with van der Waals surface area (Å²) in [5.74, 6) is -0.400. The fraction of sp³-hybridized carbons (Fsp3) is 0.250. The van der Waals surface area contributed by atoms with Crippen LogP contribution >= 0.6 is 11.6 Å². The van der Waals surface area contributed by atoms with E-state index in [0.29, 0.717) is 5.56 Å². The number of halogens is 2. The topological polar surface area (TPSA) is 37.4 Å². The van der Waals surface area contributed by atoms with Crippen molar-refractivity contribution in [3.8, 4) is 0 Å². The predicted octanol–water partition coefficient (Wildman–Crippen LogP) is 3.83. The summed E-state index contributed by atoms with van der Waals surface area (Å²) in [5.41, 5.74) is 0.366. The second-order valence-electron chi connectivity index (χ2n) is 5.30. The van der Waals surface area contributed by atoms with E-state index in [1.165, 1.54) is 16.4 Å². The summed E-state index contributed by atoms with van der Waals surface area (Å²) >= 11 is 6.03. The van der Waals surface area contributed by atoms with Gasteiger partial charge in [0.15, 0.2) is 0 Å². The molecule has 22 heavy (non-hydrogen) atoms. The quantitative estimate of drug-likeness (QED) is 0.830. The van der Waals surface area contributed by atoms with Crippen LogP contribution in [0.25, 0.3) is 0 Å². The van der Waals surface area contributed by atoms with Crippen LogP contribution in [0.15, 0.2) is 53.4 Å². The van der Waals surface area contributed by atoms with Crippen molar-refractivity contribution >= 4 is 21.6 Å². The average Bonchev–Trinajstić information content (AvgIpc) is 3.31. The number of nitrogens with zero attached hydrogens (tertiary/aromatic N) is 1. The second-order valence-corrected chi connectivity index (χ2v) is 7.57. The Hall–Kier alpha value is -1.43. The first-order valence-electron chi connectivity index (χ1n) is 7.00. The van der Waals surface area contributed by atoms with Crippen molar-refractivity contribution in [2.75, 3.05) is 0 Å². The number of sulfonamides is 1. The lowest BCUT2D eigenvalue weighted by atomic mass is 10.2. The lowest BCUT2D eigenvalue weighted by Gasteiger charge is -2.22. The van der Waals surface area contributed by atoms with Crippen LogP contribution in [0, 0.1) is 5.82 Å². The fourth-order valence-electron chi connectivity index (χ4n) is 2.35. The zero-order chi connectivity index (χ0) is 15.7. The third kappa shape index (κ3) is 3.02. The first-order chi connectivity index (χ1) is 10.5. The van der Waals surface area contributed by atoms with E-state index in [1.54, 1.807) is 36.4 Å². The molecule has 0 aliphatic heterocycles. The van der Waals surface area contributed by atoms with Crippen LogP contribution in [0.2, 0.25) is 5.02 Å². The van der Waals surface area contributed by atoms with Gasteiger partial charge in [-0.3, -0.25) is 0 Å². The molecular weight excluding hydrogens is 325 g/mol. The zero-order valence-electron chi connectivity index (χ0n) is 11.7. The van der Waals surface area contributed by atoms with E-state index in [2.05, 4.69) is 0 Å². The van der Waals surface area contributed by atoms with Crippen LogP contribution in [0.5, 0.6) is 0 Å². The largest absolute Gasteiger partial charge is 0.245 e. The Morgan fingerprint density at radius 3 is 2.36 bits per heavy atom. The molecular formula is C16H15ClFNO2S. The molecule has 0 aromatic heterocycles. The summed E-state index contributed by atoms with van der Waals surface area (Å²) < 4.78 is 40.9. The van der Waals surface area contributed by atoms with Crippen LogP contribution < -0.4 is 0 Å². The van der Waals surface area contributed by atoms with E-state index in [-0.39, 0.29) is 22.5 Å². The molecule has 0 saturated heterocycles. The molecule has 3 nitrogen and oxygen atoms in total. The standard InChI is InChI=1S/C16H15ClFNO2S/c17-14-6-2-4-8-16(14)22(20,21)19(13-9-10-13)11-12-5-1-3-7-15(12)18/h1-8,13H,9-11H2. The summed E-state index contributed by atoms with van der Waals surface area (Å²) in [6, 6.07) is 12.5. The highest BCUT2D eigenvalue weighted by Crippen LogP contribution is 2.35. The molecule has 0 amide bonds. The van der Waals surface area contributed by atoms with Crippen LogP contribution in [0.1, 0.15) is 18.4 Å². The van der Waals surface area contributed by atoms with E-state index in [1.807, 2.05) is 0 Å². The average molecular weight is 340 g/mol. The maximum atomic E-state index is 13.9. The molecule has 0 bridgehead atoms. The smallest absolute Gasteiger partial charge is 0.207 e. The van der Waals surface area contributed by atoms with E-state index < -0.39 is 15.8 Å². The Kier molecular flexibility index (Phi) is 4.21. The highest BCUT2D eigenvalue weighted by molar-refractivity contribution is 7.89. The second kappa shape index (κ2) is 5.99. The van der Waals surface area contributed by atoms with Crippen LogP contribution in [-0.2, 0) is 16.6 Å². The van der Waals surface area contributed by atoms with Crippen LogP contribution in [-0.4, -0.2) is 18.8 Å². The summed E-state index contributed by atoms with van der Waals surface area (Å²) in [6.45, 7) is 0.0187. The third-order valence-corrected chi connectivity index (χ3v) is 6.06. The summed E-state index contributed by atoms with van der Waals surface area (Å²) in [5, 5.41) is 0.182. The Labute approximate surface area is 134 Å². The monoisotopic (exact) mass is 339 g/mol. The Balaban J connectivity index is 1.98. The molecule has 0 heterocycles. The van der Waals surface area contributed by atoms with Gasteiger partial charge in [0.25, 0.3) is 0 Å². The minimum Gasteiger partial charge on any atom is -0.207 e. The van der Waals surface area contributed by atoms with E-state index in [4.69, 9.17) is 11.6 Å². The van der Waals surface area contributed by atoms with Crippen molar-refractivity contribution in [1.82, 2.24) is 4.31 Å². The van der Waals surface area contributed by atoms with Gasteiger partial charge in [0.1, 0.15) is 10.7 Å². The third-order valence-electron chi connectivity index (χ3n) is 3.66. The van der Waals surface area contributed by atoms with Gasteiger partial charge >= 0.3 is 0 Å². The van der Waals surface area contributed by atoms with Gasteiger partial charge in [0.2, 0.25) is 10.0 Å². The molecule has 116 valence electrons. The molecule has 0 radical (unpaired) electrons. The number of hydrogen-bond donors (Lipinski definition) is 0. The van der Waals surface area contributed by atoms with Crippen molar-refractivity contribution in [3.05, 3.63) is 64.9 Å². The van der Waals surface area contributed by atoms with Gasteiger partial charge in [-0.05, 0) is 31.0 Å². The molecule has 3 rings (SSSR count). The Bertz CT molecular complexity index is 790. The number of hydrogen-bond acceptors (Lipinski definition) is 2. The highest BCUT2D eigenvalue weighted by atomic mass is 35.5. The molecule has 0 spiro atoms. The molecule has 1 aliphatic carbocycles. The van der Waals surface area contributed by atoms with Crippen molar-refractivity contribution in [3.63, 3.8) is 0 Å². The van der Waals surface area contributed by atoms with Gasteiger partial charge in [0.05, 0.1) is 5.02 Å². The zero-order valence-corrected chi connectivity index (χ0v) is 13.3. The van der Waals surface area contributed by atoms with Gasteiger partial charge in [-0.2, -0.15) is 4.31 Å². The molecule has 1 saturated carbocycles. The van der Waals surface area contributed by atoms with E-state index in [9.17, 15) is 12.8 Å². The maximum absolute atomic E-state index is 13.9. The summed E-state index contributed by atoms with van der Waals surface area (Å²) in [7, 11) is -3.75. The normalized spacial score (nSPS) is 15.2. The van der Waals surface area contributed by atoms with Crippen molar-refractivity contribution in [2.24, 2.45) is 0 Å². The van der Waals surface area contributed by atoms with Gasteiger partial charge in [-0.15, -0.1) is 0 Å². The predicted molar refractivity (Wildman–Crippen MR) is 83.6 cm³/mol. The van der Waals surface area contributed by atoms with Crippen molar-refractivity contribution in [2.45, 2.75) is 30.3 Å². The molecule has 2 aromatic rings. The van der Waals surface area contributed by atoms with Gasteiger partial charge < -0.3 is 0 Å². The molecule has 1 fully saturated rings. The van der Waals surface area contributed by atoms with E-state index >= 15 is 0 Å². The highest BCUT2D eigenvalue weighted by Gasteiger charge is 2.39. The minimum atomic E-state index is -3.75. The van der Waals surface area contributed by atoms with Crippen LogP contribution in [0.4, 0.5) is 4.39 Å². The first kappa shape index (κ1) is 15.5. The lowest BCUT2D eigenvalue weighted by Crippen LogP contribution is -2.33. The maximum Gasteiger partial charge on any atom is 0.245 e.